The second-order valence-corrected chi connectivity index (χ2v) is 7.08. The van der Waals surface area contributed by atoms with Crippen LogP contribution in [0.15, 0.2) is 21.2 Å². The number of rotatable bonds is 3. The SMILES string of the molecule is O=C([O-])[C@H]1O[C@@H](Oc2c[nH]c3cc(Br)c(O)c(Br)c23)[C@H](O)[C@@H](O)[C@@H]1O. The van der Waals surface area contributed by atoms with Gasteiger partial charge in [-0.1, -0.05) is 0 Å². The molecular weight excluding hydrogens is 470 g/mol. The van der Waals surface area contributed by atoms with Crippen LogP contribution in [0.5, 0.6) is 11.5 Å². The second-order valence-electron chi connectivity index (χ2n) is 5.43. The number of aromatic amines is 1. The molecule has 25 heavy (non-hydrogen) atoms. The smallest absolute Gasteiger partial charge is 0.229 e. The van der Waals surface area contributed by atoms with Crippen molar-refractivity contribution in [2.75, 3.05) is 0 Å². The van der Waals surface area contributed by atoms with Crippen molar-refractivity contribution in [3.63, 3.8) is 0 Å². The number of H-pyrrole nitrogens is 1. The fourth-order valence-corrected chi connectivity index (χ4v) is 3.85. The predicted octanol–water partition coefficient (Wildman–Crippen LogP) is -0.665. The molecule has 2 aromatic rings. The van der Waals surface area contributed by atoms with Crippen molar-refractivity contribution in [2.24, 2.45) is 0 Å². The number of phenols is 1. The van der Waals surface area contributed by atoms with Crippen molar-refractivity contribution in [1.82, 2.24) is 4.98 Å². The van der Waals surface area contributed by atoms with Crippen LogP contribution in [0.1, 0.15) is 0 Å². The van der Waals surface area contributed by atoms with Gasteiger partial charge in [-0.15, -0.1) is 0 Å². The minimum absolute atomic E-state index is 0.0925. The zero-order valence-electron chi connectivity index (χ0n) is 12.2. The van der Waals surface area contributed by atoms with Gasteiger partial charge in [0.15, 0.2) is 0 Å². The molecule has 1 saturated heterocycles. The molecule has 0 bridgehead atoms. The number of nitrogens with one attached hydrogen (secondary N) is 1. The molecule has 1 fully saturated rings. The second kappa shape index (κ2) is 6.74. The lowest BCUT2D eigenvalue weighted by Crippen LogP contribution is -2.63. The van der Waals surface area contributed by atoms with E-state index in [1.165, 1.54) is 6.20 Å². The van der Waals surface area contributed by atoms with E-state index in [0.29, 0.717) is 15.4 Å². The van der Waals surface area contributed by atoms with Gasteiger partial charge in [-0.3, -0.25) is 0 Å². The quantitative estimate of drug-likeness (QED) is 0.386. The number of aliphatic carboxylic acids is 1. The third kappa shape index (κ3) is 3.11. The number of carbonyl (C=O) groups is 1. The number of phenolic OH excluding ortho intramolecular Hbond substituents is 1. The summed E-state index contributed by atoms with van der Waals surface area (Å²) in [7, 11) is 0. The van der Waals surface area contributed by atoms with Crippen LogP contribution in [0.2, 0.25) is 0 Å². The number of aromatic nitrogens is 1. The highest BCUT2D eigenvalue weighted by Gasteiger charge is 2.45. The fourth-order valence-electron chi connectivity index (χ4n) is 2.54. The molecule has 5 N–H and O–H groups in total. The molecule has 0 amide bonds. The lowest BCUT2D eigenvalue weighted by atomic mass is 9.99. The molecule has 9 nitrogen and oxygen atoms in total. The molecule has 0 unspecified atom stereocenters. The van der Waals surface area contributed by atoms with Crippen LogP contribution in [0.4, 0.5) is 0 Å². The van der Waals surface area contributed by atoms with Crippen LogP contribution in [-0.4, -0.2) is 62.1 Å². The van der Waals surface area contributed by atoms with Gasteiger partial charge in [-0.2, -0.15) is 0 Å². The van der Waals surface area contributed by atoms with Gasteiger partial charge in [0.05, 0.1) is 25.8 Å². The Kier molecular flexibility index (Phi) is 4.97. The average molecular weight is 482 g/mol. The van der Waals surface area contributed by atoms with E-state index in [0.717, 1.165) is 0 Å². The summed E-state index contributed by atoms with van der Waals surface area (Å²) in [6.07, 6.45) is -7.44. The lowest BCUT2D eigenvalue weighted by molar-refractivity contribution is -0.342. The number of benzene rings is 1. The number of hydrogen-bond acceptors (Lipinski definition) is 8. The highest BCUT2D eigenvalue weighted by molar-refractivity contribution is 9.11. The van der Waals surface area contributed by atoms with Gasteiger partial charge < -0.3 is 44.8 Å². The Bertz CT molecular complexity index is 825. The van der Waals surface area contributed by atoms with E-state index in [9.17, 15) is 30.3 Å². The third-order valence-corrected chi connectivity index (χ3v) is 5.22. The topological polar surface area (TPSA) is 155 Å². The van der Waals surface area contributed by atoms with E-state index < -0.39 is 36.7 Å². The largest absolute Gasteiger partial charge is 0.547 e. The average Bonchev–Trinajstić information content (AvgIpc) is 2.95. The first kappa shape index (κ1) is 18.4. The van der Waals surface area contributed by atoms with Crippen LogP contribution in [0.25, 0.3) is 10.9 Å². The molecule has 0 saturated carbocycles. The Morgan fingerprint density at radius 1 is 1.24 bits per heavy atom. The maximum absolute atomic E-state index is 11.0. The van der Waals surface area contributed by atoms with Crippen molar-refractivity contribution >= 4 is 48.7 Å². The summed E-state index contributed by atoms with van der Waals surface area (Å²) in [4.78, 5) is 13.9. The summed E-state index contributed by atoms with van der Waals surface area (Å²) in [6.45, 7) is 0. The number of ether oxygens (including phenoxy) is 2. The Balaban J connectivity index is 1.95. The Morgan fingerprint density at radius 3 is 2.56 bits per heavy atom. The van der Waals surface area contributed by atoms with Gasteiger partial charge in [-0.05, 0) is 37.9 Å². The number of hydrogen-bond donors (Lipinski definition) is 5. The normalized spacial score (nSPS) is 29.7. The first-order chi connectivity index (χ1) is 11.7. The maximum atomic E-state index is 11.0. The van der Waals surface area contributed by atoms with Crippen molar-refractivity contribution in [2.45, 2.75) is 30.7 Å². The molecular formula is C14H12Br2NO8-. The van der Waals surface area contributed by atoms with Crippen LogP contribution < -0.4 is 9.84 Å². The number of carboxylic acids is 1. The van der Waals surface area contributed by atoms with E-state index in [2.05, 4.69) is 36.8 Å². The van der Waals surface area contributed by atoms with Crippen LogP contribution >= 0.6 is 31.9 Å². The molecule has 0 radical (unpaired) electrons. The molecule has 1 aromatic heterocycles. The number of aromatic hydroxyl groups is 1. The maximum Gasteiger partial charge on any atom is 0.229 e. The van der Waals surface area contributed by atoms with Gasteiger partial charge in [-0.25, -0.2) is 0 Å². The van der Waals surface area contributed by atoms with E-state index in [1.807, 2.05) is 0 Å². The third-order valence-electron chi connectivity index (χ3n) is 3.84. The summed E-state index contributed by atoms with van der Waals surface area (Å²) in [5.74, 6) is -1.73. The van der Waals surface area contributed by atoms with Crippen LogP contribution in [0.3, 0.4) is 0 Å². The summed E-state index contributed by atoms with van der Waals surface area (Å²) in [6, 6.07) is 1.59. The van der Waals surface area contributed by atoms with E-state index >= 15 is 0 Å². The number of fused-ring (bicyclic) bond motifs is 1. The van der Waals surface area contributed by atoms with Crippen molar-refractivity contribution in [3.05, 3.63) is 21.2 Å². The van der Waals surface area contributed by atoms with Crippen LogP contribution in [-0.2, 0) is 9.53 Å². The zero-order valence-corrected chi connectivity index (χ0v) is 15.4. The van der Waals surface area contributed by atoms with Crippen molar-refractivity contribution < 1.29 is 39.8 Å². The molecule has 1 aliphatic heterocycles. The number of carbonyl (C=O) groups excluding carboxylic acids is 1. The Hall–Kier alpha value is -1.37. The van der Waals surface area contributed by atoms with Crippen molar-refractivity contribution in [3.8, 4) is 11.5 Å². The van der Waals surface area contributed by atoms with Crippen LogP contribution in [0, 0.1) is 0 Å². The van der Waals surface area contributed by atoms with E-state index in [4.69, 9.17) is 9.47 Å². The van der Waals surface area contributed by atoms with Gasteiger partial charge in [0, 0.05) is 6.20 Å². The molecule has 0 spiro atoms. The van der Waals surface area contributed by atoms with Gasteiger partial charge >= 0.3 is 0 Å². The Labute approximate surface area is 157 Å². The predicted molar refractivity (Wildman–Crippen MR) is 87.7 cm³/mol. The van der Waals surface area contributed by atoms with Crippen molar-refractivity contribution in [1.29, 1.82) is 0 Å². The molecule has 136 valence electrons. The molecule has 11 heteroatoms. The van der Waals surface area contributed by atoms with Gasteiger partial charge in [0.1, 0.15) is 35.9 Å². The zero-order chi connectivity index (χ0) is 18.5. The number of halogens is 2. The first-order valence-corrected chi connectivity index (χ1v) is 8.56. The van der Waals surface area contributed by atoms with E-state index in [1.54, 1.807) is 6.07 Å². The molecule has 2 heterocycles. The minimum atomic E-state index is -1.88. The number of aliphatic hydroxyl groups is 3. The first-order valence-electron chi connectivity index (χ1n) is 6.97. The summed E-state index contributed by atoms with van der Waals surface area (Å²) in [5, 5.41) is 50.9. The molecule has 3 rings (SSSR count). The molecule has 1 aromatic carbocycles. The number of carboxylic acid groups (broad SMARTS) is 1. The minimum Gasteiger partial charge on any atom is -0.547 e. The lowest BCUT2D eigenvalue weighted by Gasteiger charge is -2.40. The fraction of sp³-hybridized carbons (Fsp3) is 0.357. The molecule has 1 aliphatic rings. The highest BCUT2D eigenvalue weighted by Crippen LogP contribution is 2.43. The number of aliphatic hydroxyl groups excluding tert-OH is 3. The standard InChI is InChI=1S/C14H13Br2NO8/c15-3-1-4-6(7(16)8(3)18)5(2-17-4)24-14-11(21)9(19)10(20)12(25-14)13(22)23/h1-2,9-12,14,17-21H,(H,22,23)/p-1/t9-,10-,11+,12-,14+/m0/s1. The molecule has 5 atom stereocenters. The summed E-state index contributed by atoms with van der Waals surface area (Å²) < 4.78 is 11.2. The summed E-state index contributed by atoms with van der Waals surface area (Å²) in [5.41, 5.74) is 0.564. The van der Waals surface area contributed by atoms with Gasteiger partial charge in [0.2, 0.25) is 6.29 Å². The van der Waals surface area contributed by atoms with E-state index in [-0.39, 0.29) is 16.0 Å². The highest BCUT2D eigenvalue weighted by atomic mass is 79.9. The monoisotopic (exact) mass is 480 g/mol. The Morgan fingerprint density at radius 2 is 1.92 bits per heavy atom. The molecule has 0 aliphatic carbocycles. The summed E-state index contributed by atoms with van der Waals surface area (Å²) >= 11 is 6.41. The van der Waals surface area contributed by atoms with Gasteiger partial charge in [0.25, 0.3) is 0 Å².